The fourth-order valence-corrected chi connectivity index (χ4v) is 4.22. The summed E-state index contributed by atoms with van der Waals surface area (Å²) in [7, 11) is 1.81. The lowest BCUT2D eigenvalue weighted by Crippen LogP contribution is -2.50. The van der Waals surface area contributed by atoms with Crippen molar-refractivity contribution in [1.82, 2.24) is 15.1 Å². The number of rotatable bonds is 6. The van der Waals surface area contributed by atoms with Crippen molar-refractivity contribution in [3.63, 3.8) is 0 Å². The number of nitrogens with zero attached hydrogens (tertiary/aromatic N) is 2. The Balaban J connectivity index is 1.36. The first kappa shape index (κ1) is 19.2. The Labute approximate surface area is 157 Å². The van der Waals surface area contributed by atoms with Gasteiger partial charge in [-0.15, -0.1) is 0 Å². The van der Waals surface area contributed by atoms with Crippen LogP contribution in [0.4, 0.5) is 4.79 Å². The van der Waals surface area contributed by atoms with Crippen molar-refractivity contribution in [2.24, 2.45) is 0 Å². The third-order valence-electron chi connectivity index (χ3n) is 5.97. The number of aliphatic hydroxyl groups excluding tert-OH is 1. The number of hydrogen-bond donors (Lipinski definition) is 2. The maximum absolute atomic E-state index is 12.4. The largest absolute Gasteiger partial charge is 0.388 e. The molecule has 0 aromatic heterocycles. The van der Waals surface area contributed by atoms with Gasteiger partial charge < -0.3 is 20.2 Å². The van der Waals surface area contributed by atoms with Crippen molar-refractivity contribution in [3.8, 4) is 0 Å². The lowest BCUT2D eigenvalue weighted by Gasteiger charge is -2.36. The molecule has 3 rings (SSSR count). The van der Waals surface area contributed by atoms with E-state index in [1.807, 2.05) is 30.3 Å². The Morgan fingerprint density at radius 3 is 2.50 bits per heavy atom. The Morgan fingerprint density at radius 1 is 1.19 bits per heavy atom. The molecule has 144 valence electrons. The summed E-state index contributed by atoms with van der Waals surface area (Å²) in [6.07, 6.45) is 7.56. The predicted octanol–water partition coefficient (Wildman–Crippen LogP) is 3.16. The van der Waals surface area contributed by atoms with Gasteiger partial charge in [0.25, 0.3) is 0 Å². The first-order valence-electron chi connectivity index (χ1n) is 10.1. The summed E-state index contributed by atoms with van der Waals surface area (Å²) < 4.78 is 0. The number of hydrogen-bond acceptors (Lipinski definition) is 3. The molecule has 1 aromatic rings. The molecular formula is C21H33N3O2. The minimum atomic E-state index is -0.527. The second-order valence-electron chi connectivity index (χ2n) is 7.83. The van der Waals surface area contributed by atoms with Crippen LogP contribution >= 0.6 is 0 Å². The van der Waals surface area contributed by atoms with Gasteiger partial charge in [0.1, 0.15) is 0 Å². The minimum Gasteiger partial charge on any atom is -0.388 e. The standard InChI is InChI=1S/C21H33N3O2/c1-23(14-13-20(25)17-7-3-2-4-8-17)21(26)22-18-11-15-24(16-12-18)19-9-5-6-10-19/h2-4,7-8,18-20,25H,5-6,9-16H2,1H3,(H,22,26)/t20-/m1/s1. The fraction of sp³-hybridized carbons (Fsp3) is 0.667. The van der Waals surface area contributed by atoms with Gasteiger partial charge in [-0.3, -0.25) is 0 Å². The maximum atomic E-state index is 12.4. The fourth-order valence-electron chi connectivity index (χ4n) is 4.22. The molecule has 26 heavy (non-hydrogen) atoms. The van der Waals surface area contributed by atoms with Gasteiger partial charge in [0.2, 0.25) is 0 Å². The zero-order valence-corrected chi connectivity index (χ0v) is 15.9. The van der Waals surface area contributed by atoms with Crippen molar-refractivity contribution in [2.75, 3.05) is 26.7 Å². The summed E-state index contributed by atoms with van der Waals surface area (Å²) in [5, 5.41) is 13.4. The molecule has 2 fully saturated rings. The maximum Gasteiger partial charge on any atom is 0.317 e. The van der Waals surface area contributed by atoms with Crippen LogP contribution in [0.15, 0.2) is 30.3 Å². The van der Waals surface area contributed by atoms with E-state index in [9.17, 15) is 9.90 Å². The van der Waals surface area contributed by atoms with Crippen LogP contribution in [0, 0.1) is 0 Å². The average Bonchev–Trinajstić information content (AvgIpc) is 3.22. The average molecular weight is 360 g/mol. The molecule has 1 aliphatic carbocycles. The minimum absolute atomic E-state index is 0.0235. The van der Waals surface area contributed by atoms with Gasteiger partial charge in [0.15, 0.2) is 0 Å². The highest BCUT2D eigenvalue weighted by atomic mass is 16.3. The highest BCUT2D eigenvalue weighted by Gasteiger charge is 2.28. The monoisotopic (exact) mass is 359 g/mol. The van der Waals surface area contributed by atoms with Gasteiger partial charge in [-0.1, -0.05) is 43.2 Å². The van der Waals surface area contributed by atoms with E-state index in [-0.39, 0.29) is 12.1 Å². The number of nitrogens with one attached hydrogen (secondary N) is 1. The highest BCUT2D eigenvalue weighted by Crippen LogP contribution is 2.26. The molecule has 2 amide bonds. The number of aliphatic hydroxyl groups is 1. The topological polar surface area (TPSA) is 55.8 Å². The Morgan fingerprint density at radius 2 is 1.85 bits per heavy atom. The van der Waals surface area contributed by atoms with E-state index >= 15 is 0 Å². The molecule has 2 N–H and O–H groups in total. The lowest BCUT2D eigenvalue weighted by molar-refractivity contribution is 0.135. The van der Waals surface area contributed by atoms with Gasteiger partial charge in [0, 0.05) is 38.8 Å². The zero-order valence-electron chi connectivity index (χ0n) is 15.9. The van der Waals surface area contributed by atoms with Gasteiger partial charge in [-0.05, 0) is 37.7 Å². The SMILES string of the molecule is CN(CC[C@@H](O)c1ccccc1)C(=O)NC1CCN(C2CCCC2)CC1. The van der Waals surface area contributed by atoms with Gasteiger partial charge in [-0.2, -0.15) is 0 Å². The predicted molar refractivity (Wildman–Crippen MR) is 104 cm³/mol. The molecule has 0 bridgehead atoms. The van der Waals surface area contributed by atoms with E-state index in [4.69, 9.17) is 0 Å². The lowest BCUT2D eigenvalue weighted by atomic mass is 10.0. The summed E-state index contributed by atoms with van der Waals surface area (Å²) in [5.41, 5.74) is 0.903. The van der Waals surface area contributed by atoms with E-state index in [0.29, 0.717) is 13.0 Å². The van der Waals surface area contributed by atoms with Crippen LogP contribution in [0.25, 0.3) is 0 Å². The number of carbonyl (C=O) groups excluding carboxylic acids is 1. The third-order valence-corrected chi connectivity index (χ3v) is 5.97. The van der Waals surface area contributed by atoms with Crippen molar-refractivity contribution in [3.05, 3.63) is 35.9 Å². The molecule has 2 aliphatic rings. The highest BCUT2D eigenvalue weighted by molar-refractivity contribution is 5.74. The van der Waals surface area contributed by atoms with Crippen LogP contribution in [0.2, 0.25) is 0 Å². The summed E-state index contributed by atoms with van der Waals surface area (Å²) in [4.78, 5) is 16.7. The van der Waals surface area contributed by atoms with E-state index in [1.54, 1.807) is 11.9 Å². The number of likely N-dealkylation sites (tertiary alicyclic amines) is 1. The van der Waals surface area contributed by atoms with Crippen LogP contribution in [0.5, 0.6) is 0 Å². The second kappa shape index (κ2) is 9.38. The van der Waals surface area contributed by atoms with Crippen molar-refractivity contribution in [1.29, 1.82) is 0 Å². The molecule has 0 radical (unpaired) electrons. The van der Waals surface area contributed by atoms with Gasteiger partial charge in [-0.25, -0.2) is 4.79 Å². The molecule has 0 spiro atoms. The van der Waals surface area contributed by atoms with Crippen molar-refractivity contribution in [2.45, 2.75) is 63.1 Å². The van der Waals surface area contributed by atoms with Crippen LogP contribution in [0.3, 0.4) is 0 Å². The summed E-state index contributed by atoms with van der Waals surface area (Å²) in [5.74, 6) is 0. The van der Waals surface area contributed by atoms with E-state index < -0.39 is 6.10 Å². The molecule has 1 saturated carbocycles. The number of urea groups is 1. The van der Waals surface area contributed by atoms with E-state index in [0.717, 1.165) is 37.5 Å². The van der Waals surface area contributed by atoms with Crippen LogP contribution in [-0.4, -0.2) is 59.7 Å². The summed E-state index contributed by atoms with van der Waals surface area (Å²) >= 11 is 0. The number of amides is 2. The smallest absolute Gasteiger partial charge is 0.317 e. The quantitative estimate of drug-likeness (QED) is 0.820. The molecule has 5 nitrogen and oxygen atoms in total. The van der Waals surface area contributed by atoms with E-state index in [1.165, 1.54) is 25.7 Å². The number of benzene rings is 1. The normalized spacial score (nSPS) is 20.8. The Kier molecular flexibility index (Phi) is 6.92. The first-order chi connectivity index (χ1) is 12.6. The van der Waals surface area contributed by atoms with Gasteiger partial charge >= 0.3 is 6.03 Å². The molecule has 1 saturated heterocycles. The third kappa shape index (κ3) is 5.21. The Bertz CT molecular complexity index is 552. The van der Waals surface area contributed by atoms with Crippen LogP contribution in [0.1, 0.15) is 56.6 Å². The van der Waals surface area contributed by atoms with Crippen LogP contribution < -0.4 is 5.32 Å². The molecule has 1 aromatic carbocycles. The molecular weight excluding hydrogens is 326 g/mol. The molecule has 0 unspecified atom stereocenters. The summed E-state index contributed by atoms with van der Waals surface area (Å²) in [6.45, 7) is 2.75. The number of carbonyl (C=O) groups is 1. The first-order valence-corrected chi connectivity index (χ1v) is 10.1. The van der Waals surface area contributed by atoms with E-state index in [2.05, 4.69) is 10.2 Å². The molecule has 5 heteroatoms. The molecule has 1 aliphatic heterocycles. The molecule has 1 atom stereocenters. The van der Waals surface area contributed by atoms with Crippen LogP contribution in [-0.2, 0) is 0 Å². The molecule has 1 heterocycles. The Hall–Kier alpha value is -1.59. The van der Waals surface area contributed by atoms with Crippen molar-refractivity contribution < 1.29 is 9.90 Å². The van der Waals surface area contributed by atoms with Gasteiger partial charge in [0.05, 0.1) is 6.10 Å². The summed E-state index contributed by atoms with van der Waals surface area (Å²) in [6, 6.07) is 10.7. The zero-order chi connectivity index (χ0) is 18.4. The van der Waals surface area contributed by atoms with Crippen molar-refractivity contribution >= 4 is 6.03 Å². The second-order valence-corrected chi connectivity index (χ2v) is 7.83. The number of piperidine rings is 1.